The molecule has 0 fully saturated rings. The molecule has 2 heteroatoms. The van der Waals surface area contributed by atoms with Crippen LogP contribution in [-0.2, 0) is 4.79 Å². The fraction of sp³-hybridized carbons (Fsp3) is 0.583. The maximum atomic E-state index is 11.4. The topological polar surface area (TPSA) is 43.1 Å². The molecule has 0 heterocycles. The molecular weight excluding hydrogens is 174 g/mol. The average Bonchev–Trinajstić information content (AvgIpc) is 2.16. The molecule has 0 spiro atoms. The van der Waals surface area contributed by atoms with E-state index >= 15 is 0 Å². The van der Waals surface area contributed by atoms with Gasteiger partial charge >= 0.3 is 0 Å². The number of allylic oxidation sites excluding steroid dienone is 3. The molecular formula is C12H19NO. The highest BCUT2D eigenvalue weighted by Crippen LogP contribution is 2.40. The number of carbonyl (C=O) groups is 1. The van der Waals surface area contributed by atoms with Crippen molar-refractivity contribution < 1.29 is 4.79 Å². The van der Waals surface area contributed by atoms with Gasteiger partial charge in [-0.1, -0.05) is 44.6 Å². The van der Waals surface area contributed by atoms with Crippen LogP contribution >= 0.6 is 0 Å². The molecule has 0 radical (unpaired) electrons. The highest BCUT2D eigenvalue weighted by Gasteiger charge is 2.37. The molecule has 1 rings (SSSR count). The van der Waals surface area contributed by atoms with Gasteiger partial charge in [-0.05, 0) is 12.8 Å². The zero-order chi connectivity index (χ0) is 10.8. The molecule has 1 aliphatic carbocycles. The van der Waals surface area contributed by atoms with Crippen molar-refractivity contribution in [2.24, 2.45) is 17.1 Å². The lowest BCUT2D eigenvalue weighted by atomic mass is 9.68. The van der Waals surface area contributed by atoms with Crippen molar-refractivity contribution in [1.82, 2.24) is 0 Å². The normalized spacial score (nSPS) is 31.4. The van der Waals surface area contributed by atoms with Gasteiger partial charge in [-0.3, -0.25) is 4.79 Å². The lowest BCUT2D eigenvalue weighted by molar-refractivity contribution is -0.123. The van der Waals surface area contributed by atoms with Crippen molar-refractivity contribution in [2.45, 2.75) is 33.6 Å². The molecule has 2 atom stereocenters. The van der Waals surface area contributed by atoms with E-state index in [1.807, 2.05) is 12.2 Å². The van der Waals surface area contributed by atoms with Crippen molar-refractivity contribution in [1.29, 1.82) is 0 Å². The molecule has 1 aliphatic rings. The Morgan fingerprint density at radius 1 is 1.57 bits per heavy atom. The van der Waals surface area contributed by atoms with Gasteiger partial charge < -0.3 is 5.73 Å². The summed E-state index contributed by atoms with van der Waals surface area (Å²) in [6.07, 6.45) is 8.00. The van der Waals surface area contributed by atoms with Gasteiger partial charge in [0.25, 0.3) is 0 Å². The van der Waals surface area contributed by atoms with E-state index in [-0.39, 0.29) is 17.2 Å². The SMILES string of the molecule is CCC1=CC=CC(C)(CC)C1C(N)=O. The minimum absolute atomic E-state index is 0.0913. The van der Waals surface area contributed by atoms with Gasteiger partial charge in [-0.15, -0.1) is 0 Å². The molecule has 0 bridgehead atoms. The lowest BCUT2D eigenvalue weighted by Crippen LogP contribution is -2.38. The van der Waals surface area contributed by atoms with E-state index in [4.69, 9.17) is 5.73 Å². The molecule has 14 heavy (non-hydrogen) atoms. The van der Waals surface area contributed by atoms with Crippen molar-refractivity contribution in [3.05, 3.63) is 23.8 Å². The smallest absolute Gasteiger partial charge is 0.225 e. The van der Waals surface area contributed by atoms with E-state index < -0.39 is 0 Å². The summed E-state index contributed by atoms with van der Waals surface area (Å²) in [5.41, 5.74) is 6.54. The Balaban J connectivity index is 3.08. The van der Waals surface area contributed by atoms with Crippen LogP contribution in [0.2, 0.25) is 0 Å². The second kappa shape index (κ2) is 3.99. The third kappa shape index (κ3) is 1.74. The lowest BCUT2D eigenvalue weighted by Gasteiger charge is -2.36. The minimum Gasteiger partial charge on any atom is -0.369 e. The van der Waals surface area contributed by atoms with Gasteiger partial charge in [0.15, 0.2) is 0 Å². The van der Waals surface area contributed by atoms with Crippen LogP contribution in [0.3, 0.4) is 0 Å². The molecule has 1 amide bonds. The highest BCUT2D eigenvalue weighted by molar-refractivity contribution is 5.81. The summed E-state index contributed by atoms with van der Waals surface area (Å²) in [4.78, 5) is 11.4. The molecule has 78 valence electrons. The Kier molecular flexibility index (Phi) is 3.14. The van der Waals surface area contributed by atoms with Crippen LogP contribution in [-0.4, -0.2) is 5.91 Å². The molecule has 0 aromatic carbocycles. The first-order valence-electron chi connectivity index (χ1n) is 5.22. The third-order valence-corrected chi connectivity index (χ3v) is 3.27. The Bertz CT molecular complexity index is 291. The van der Waals surface area contributed by atoms with Crippen molar-refractivity contribution in [2.75, 3.05) is 0 Å². The number of amides is 1. The Hall–Kier alpha value is -1.05. The molecule has 0 aliphatic heterocycles. The number of rotatable bonds is 3. The van der Waals surface area contributed by atoms with Crippen LogP contribution in [0.15, 0.2) is 23.8 Å². The van der Waals surface area contributed by atoms with Gasteiger partial charge in [-0.2, -0.15) is 0 Å². The summed E-state index contributed by atoms with van der Waals surface area (Å²) in [5.74, 6) is -0.325. The Morgan fingerprint density at radius 3 is 2.64 bits per heavy atom. The highest BCUT2D eigenvalue weighted by atomic mass is 16.1. The molecule has 2 nitrogen and oxygen atoms in total. The fourth-order valence-corrected chi connectivity index (χ4v) is 2.16. The number of carbonyl (C=O) groups excluding carboxylic acids is 1. The van der Waals surface area contributed by atoms with Crippen LogP contribution in [0.1, 0.15) is 33.6 Å². The van der Waals surface area contributed by atoms with Crippen LogP contribution in [0.5, 0.6) is 0 Å². The number of hydrogen-bond acceptors (Lipinski definition) is 1. The van der Waals surface area contributed by atoms with Crippen molar-refractivity contribution >= 4 is 5.91 Å². The zero-order valence-corrected chi connectivity index (χ0v) is 9.21. The van der Waals surface area contributed by atoms with E-state index in [0.29, 0.717) is 0 Å². The van der Waals surface area contributed by atoms with Crippen molar-refractivity contribution in [3.63, 3.8) is 0 Å². The monoisotopic (exact) mass is 193 g/mol. The van der Waals surface area contributed by atoms with E-state index in [2.05, 4.69) is 26.8 Å². The standard InChI is InChI=1S/C12H19NO/c1-4-9-7-6-8-12(3,5-2)10(9)11(13)14/h6-8,10H,4-5H2,1-3H3,(H2,13,14). The maximum Gasteiger partial charge on any atom is 0.225 e. The average molecular weight is 193 g/mol. The van der Waals surface area contributed by atoms with Gasteiger partial charge in [0.2, 0.25) is 5.91 Å². The van der Waals surface area contributed by atoms with Gasteiger partial charge in [0, 0.05) is 5.41 Å². The summed E-state index contributed by atoms with van der Waals surface area (Å²) < 4.78 is 0. The maximum absolute atomic E-state index is 11.4. The van der Waals surface area contributed by atoms with E-state index in [0.717, 1.165) is 18.4 Å². The fourth-order valence-electron chi connectivity index (χ4n) is 2.16. The summed E-state index contributed by atoms with van der Waals surface area (Å²) in [7, 11) is 0. The van der Waals surface area contributed by atoms with E-state index in [1.165, 1.54) is 0 Å². The first-order valence-corrected chi connectivity index (χ1v) is 5.22. The molecule has 2 N–H and O–H groups in total. The Morgan fingerprint density at radius 2 is 2.21 bits per heavy atom. The summed E-state index contributed by atoms with van der Waals surface area (Å²) in [5, 5.41) is 0. The summed E-state index contributed by atoms with van der Waals surface area (Å²) in [6.45, 7) is 6.26. The number of primary amides is 1. The quantitative estimate of drug-likeness (QED) is 0.735. The molecule has 0 aromatic heterocycles. The van der Waals surface area contributed by atoms with E-state index in [9.17, 15) is 4.79 Å². The van der Waals surface area contributed by atoms with E-state index in [1.54, 1.807) is 0 Å². The number of hydrogen-bond donors (Lipinski definition) is 1. The first kappa shape index (κ1) is 11.0. The molecule has 0 aromatic rings. The van der Waals surface area contributed by atoms with Crippen LogP contribution in [0, 0.1) is 11.3 Å². The first-order chi connectivity index (χ1) is 6.55. The zero-order valence-electron chi connectivity index (χ0n) is 9.21. The second-order valence-electron chi connectivity index (χ2n) is 4.15. The third-order valence-electron chi connectivity index (χ3n) is 3.27. The van der Waals surface area contributed by atoms with Crippen LogP contribution in [0.25, 0.3) is 0 Å². The van der Waals surface area contributed by atoms with Gasteiger partial charge in [0.1, 0.15) is 0 Å². The second-order valence-corrected chi connectivity index (χ2v) is 4.15. The Labute approximate surface area is 85.9 Å². The molecule has 0 saturated carbocycles. The van der Waals surface area contributed by atoms with Gasteiger partial charge in [0.05, 0.1) is 5.92 Å². The largest absolute Gasteiger partial charge is 0.369 e. The molecule has 0 saturated heterocycles. The predicted octanol–water partition coefficient (Wildman–Crippen LogP) is 2.41. The minimum atomic E-state index is -0.202. The van der Waals surface area contributed by atoms with Crippen LogP contribution in [0.4, 0.5) is 0 Å². The number of nitrogens with two attached hydrogens (primary N) is 1. The van der Waals surface area contributed by atoms with Crippen LogP contribution < -0.4 is 5.73 Å². The summed E-state index contributed by atoms with van der Waals surface area (Å²) in [6, 6.07) is 0. The summed E-state index contributed by atoms with van der Waals surface area (Å²) >= 11 is 0. The predicted molar refractivity (Wildman–Crippen MR) is 58.6 cm³/mol. The van der Waals surface area contributed by atoms with Crippen molar-refractivity contribution in [3.8, 4) is 0 Å². The molecule has 2 unspecified atom stereocenters. The van der Waals surface area contributed by atoms with Gasteiger partial charge in [-0.25, -0.2) is 0 Å².